The maximum Gasteiger partial charge on any atom is 0.343 e. The van der Waals surface area contributed by atoms with Gasteiger partial charge >= 0.3 is 5.97 Å². The Kier molecular flexibility index (Phi) is 7.68. The lowest BCUT2D eigenvalue weighted by atomic mass is 10.1. The molecule has 3 aromatic carbocycles. The van der Waals surface area contributed by atoms with E-state index >= 15 is 0 Å². The van der Waals surface area contributed by atoms with E-state index in [9.17, 15) is 18.0 Å². The van der Waals surface area contributed by atoms with Gasteiger partial charge in [-0.15, -0.1) is 0 Å². The maximum atomic E-state index is 13.1. The van der Waals surface area contributed by atoms with Gasteiger partial charge in [0.2, 0.25) is 10.0 Å². The molecular formula is C26H26N2O7S. The second-order valence-electron chi connectivity index (χ2n) is 8.10. The predicted molar refractivity (Wildman–Crippen MR) is 133 cm³/mol. The molecule has 3 aromatic rings. The van der Waals surface area contributed by atoms with Crippen molar-refractivity contribution in [2.24, 2.45) is 0 Å². The number of nitrogens with zero attached hydrogens (tertiary/aromatic N) is 1. The first-order valence-corrected chi connectivity index (χ1v) is 12.7. The number of sulfonamides is 1. The number of amides is 1. The third-order valence-corrected chi connectivity index (χ3v) is 7.69. The first kappa shape index (κ1) is 25.4. The van der Waals surface area contributed by atoms with Crippen LogP contribution in [-0.4, -0.2) is 58.0 Å². The summed E-state index contributed by atoms with van der Waals surface area (Å²) in [5, 5.41) is 2.75. The number of nitrogens with one attached hydrogen (secondary N) is 1. The monoisotopic (exact) mass is 510 g/mol. The number of aryl methyl sites for hydroxylation is 1. The van der Waals surface area contributed by atoms with Crippen molar-refractivity contribution in [1.29, 1.82) is 0 Å². The molecule has 0 radical (unpaired) electrons. The Morgan fingerprint density at radius 3 is 2.39 bits per heavy atom. The highest BCUT2D eigenvalue weighted by Crippen LogP contribution is 2.24. The molecule has 1 saturated heterocycles. The second-order valence-corrected chi connectivity index (χ2v) is 10.0. The average molecular weight is 511 g/mol. The van der Waals surface area contributed by atoms with Gasteiger partial charge in [0.05, 0.1) is 30.8 Å². The Bertz CT molecular complexity index is 1380. The third kappa shape index (κ3) is 5.73. The number of anilines is 1. The molecule has 4 rings (SSSR count). The van der Waals surface area contributed by atoms with Gasteiger partial charge < -0.3 is 19.5 Å². The molecule has 0 spiro atoms. The fourth-order valence-corrected chi connectivity index (χ4v) is 5.36. The SMILES string of the molecule is COc1cccc(C(=O)Nc2cccc(OC(=O)c3ccc(C)c(S(=O)(=O)N4CCOCC4)c3)c2)c1. The lowest BCUT2D eigenvalue weighted by molar-refractivity contribution is 0.0727. The van der Waals surface area contributed by atoms with Crippen LogP contribution in [0.3, 0.4) is 0 Å². The van der Waals surface area contributed by atoms with Gasteiger partial charge in [0, 0.05) is 30.4 Å². The quantitative estimate of drug-likeness (QED) is 0.383. The second kappa shape index (κ2) is 10.9. The lowest BCUT2D eigenvalue weighted by Gasteiger charge is -2.26. The van der Waals surface area contributed by atoms with Gasteiger partial charge in [-0.05, 0) is 55.0 Å². The van der Waals surface area contributed by atoms with Crippen LogP contribution in [0.2, 0.25) is 0 Å². The molecule has 1 fully saturated rings. The highest BCUT2D eigenvalue weighted by atomic mass is 32.2. The van der Waals surface area contributed by atoms with Crippen LogP contribution in [0.1, 0.15) is 26.3 Å². The van der Waals surface area contributed by atoms with Crippen LogP contribution in [0.15, 0.2) is 71.6 Å². The van der Waals surface area contributed by atoms with E-state index in [2.05, 4.69) is 5.32 Å². The zero-order valence-electron chi connectivity index (χ0n) is 19.9. The number of rotatable bonds is 7. The van der Waals surface area contributed by atoms with Crippen molar-refractivity contribution < 1.29 is 32.2 Å². The van der Waals surface area contributed by atoms with E-state index in [0.29, 0.717) is 35.8 Å². The standard InChI is InChI=1S/C26H26N2O7S/c1-18-9-10-20(16-24(18)36(31,32)28-11-13-34-14-12-28)26(30)35-23-8-4-6-21(17-23)27-25(29)19-5-3-7-22(15-19)33-2/h3-10,15-17H,11-14H2,1-2H3,(H,27,29). The highest BCUT2D eigenvalue weighted by molar-refractivity contribution is 7.89. The van der Waals surface area contributed by atoms with Crippen LogP contribution < -0.4 is 14.8 Å². The minimum Gasteiger partial charge on any atom is -0.497 e. The Balaban J connectivity index is 1.49. The molecule has 0 saturated carbocycles. The van der Waals surface area contributed by atoms with Crippen LogP contribution in [-0.2, 0) is 14.8 Å². The number of carbonyl (C=O) groups is 2. The summed E-state index contributed by atoms with van der Waals surface area (Å²) in [6.07, 6.45) is 0. The van der Waals surface area contributed by atoms with Crippen molar-refractivity contribution in [2.45, 2.75) is 11.8 Å². The normalized spacial score (nSPS) is 14.2. The first-order chi connectivity index (χ1) is 17.3. The van der Waals surface area contributed by atoms with E-state index in [0.717, 1.165) is 0 Å². The van der Waals surface area contributed by atoms with Crippen LogP contribution in [0.4, 0.5) is 5.69 Å². The summed E-state index contributed by atoms with van der Waals surface area (Å²) >= 11 is 0. The Morgan fingerprint density at radius 1 is 0.917 bits per heavy atom. The Labute approximate surface area is 209 Å². The summed E-state index contributed by atoms with van der Waals surface area (Å²) in [4.78, 5) is 25.5. The molecule has 36 heavy (non-hydrogen) atoms. The third-order valence-electron chi connectivity index (χ3n) is 5.65. The molecule has 1 aliphatic heterocycles. The molecule has 0 aromatic heterocycles. The molecule has 1 aliphatic rings. The Morgan fingerprint density at radius 2 is 1.64 bits per heavy atom. The van der Waals surface area contributed by atoms with E-state index in [1.807, 2.05) is 0 Å². The minimum absolute atomic E-state index is 0.0538. The molecule has 1 amide bonds. The number of esters is 1. The number of methoxy groups -OCH3 is 1. The topological polar surface area (TPSA) is 111 Å². The molecular weight excluding hydrogens is 484 g/mol. The molecule has 0 unspecified atom stereocenters. The molecule has 1 heterocycles. The van der Waals surface area contributed by atoms with Crippen molar-refractivity contribution in [3.63, 3.8) is 0 Å². The van der Waals surface area contributed by atoms with Gasteiger partial charge in [0.15, 0.2) is 0 Å². The molecule has 10 heteroatoms. The van der Waals surface area contributed by atoms with E-state index < -0.39 is 16.0 Å². The number of carbonyl (C=O) groups excluding carboxylic acids is 2. The van der Waals surface area contributed by atoms with Gasteiger partial charge in [-0.1, -0.05) is 18.2 Å². The molecule has 0 bridgehead atoms. The van der Waals surface area contributed by atoms with Crippen molar-refractivity contribution in [1.82, 2.24) is 4.31 Å². The lowest BCUT2D eigenvalue weighted by Crippen LogP contribution is -2.40. The largest absolute Gasteiger partial charge is 0.497 e. The van der Waals surface area contributed by atoms with E-state index in [1.54, 1.807) is 55.5 Å². The summed E-state index contributed by atoms with van der Waals surface area (Å²) in [5.74, 6) is -0.321. The molecule has 0 atom stereocenters. The zero-order valence-corrected chi connectivity index (χ0v) is 20.7. The number of hydrogen-bond donors (Lipinski definition) is 1. The number of ether oxygens (including phenoxy) is 3. The van der Waals surface area contributed by atoms with E-state index in [1.165, 1.54) is 29.6 Å². The fourth-order valence-electron chi connectivity index (χ4n) is 3.70. The predicted octanol–water partition coefficient (Wildman–Crippen LogP) is 3.50. The van der Waals surface area contributed by atoms with Gasteiger partial charge in [-0.2, -0.15) is 4.31 Å². The number of morpholine rings is 1. The van der Waals surface area contributed by atoms with Gasteiger partial charge in [0.25, 0.3) is 5.91 Å². The van der Waals surface area contributed by atoms with Gasteiger partial charge in [-0.3, -0.25) is 4.79 Å². The summed E-state index contributed by atoms with van der Waals surface area (Å²) in [6.45, 7) is 2.84. The number of hydrogen-bond acceptors (Lipinski definition) is 7. The summed E-state index contributed by atoms with van der Waals surface area (Å²) < 4.78 is 43.5. The van der Waals surface area contributed by atoms with Crippen LogP contribution in [0, 0.1) is 6.92 Å². The average Bonchev–Trinajstić information content (AvgIpc) is 2.89. The number of benzene rings is 3. The molecule has 0 aliphatic carbocycles. The van der Waals surface area contributed by atoms with Crippen molar-refractivity contribution in [3.8, 4) is 11.5 Å². The van der Waals surface area contributed by atoms with E-state index in [-0.39, 0.29) is 35.2 Å². The van der Waals surface area contributed by atoms with Crippen molar-refractivity contribution in [2.75, 3.05) is 38.7 Å². The molecule has 1 N–H and O–H groups in total. The maximum absolute atomic E-state index is 13.1. The summed E-state index contributed by atoms with van der Waals surface area (Å²) in [5.41, 5.74) is 1.46. The van der Waals surface area contributed by atoms with Crippen molar-refractivity contribution >= 4 is 27.6 Å². The summed E-state index contributed by atoms with van der Waals surface area (Å²) in [6, 6.07) is 17.5. The fraction of sp³-hybridized carbons (Fsp3) is 0.231. The molecule has 9 nitrogen and oxygen atoms in total. The Hall–Kier alpha value is -3.73. The van der Waals surface area contributed by atoms with Crippen LogP contribution in [0.25, 0.3) is 0 Å². The van der Waals surface area contributed by atoms with Crippen molar-refractivity contribution in [3.05, 3.63) is 83.4 Å². The smallest absolute Gasteiger partial charge is 0.343 e. The zero-order chi connectivity index (χ0) is 25.7. The van der Waals surface area contributed by atoms with Crippen LogP contribution in [0.5, 0.6) is 11.5 Å². The summed E-state index contributed by atoms with van der Waals surface area (Å²) in [7, 11) is -2.27. The van der Waals surface area contributed by atoms with Crippen LogP contribution >= 0.6 is 0 Å². The minimum atomic E-state index is -3.78. The first-order valence-electron chi connectivity index (χ1n) is 11.2. The van der Waals surface area contributed by atoms with Gasteiger partial charge in [-0.25, -0.2) is 13.2 Å². The van der Waals surface area contributed by atoms with Gasteiger partial charge in [0.1, 0.15) is 11.5 Å². The highest BCUT2D eigenvalue weighted by Gasteiger charge is 2.28. The van der Waals surface area contributed by atoms with E-state index in [4.69, 9.17) is 14.2 Å². The molecule has 188 valence electrons.